The summed E-state index contributed by atoms with van der Waals surface area (Å²) in [5, 5.41) is 16.4. The van der Waals surface area contributed by atoms with Crippen LogP contribution in [0, 0.1) is 5.92 Å². The van der Waals surface area contributed by atoms with Gasteiger partial charge >= 0.3 is 5.97 Å². The number of aliphatic hydroxyl groups is 1. The van der Waals surface area contributed by atoms with E-state index in [1.54, 1.807) is 0 Å². The molecule has 0 bridgehead atoms. The van der Waals surface area contributed by atoms with Gasteiger partial charge in [0.1, 0.15) is 0 Å². The number of rotatable bonds is 7. The molecule has 2 N–H and O–H groups in total. The number of carbonyl (C=O) groups is 1. The molecule has 0 aliphatic rings. The Morgan fingerprint density at radius 2 is 1.93 bits per heavy atom. The highest BCUT2D eigenvalue weighted by atomic mass is 16.4. The maximum Gasteiger partial charge on any atom is 0.327 e. The van der Waals surface area contributed by atoms with Gasteiger partial charge in [0.15, 0.2) is 0 Å². The van der Waals surface area contributed by atoms with Gasteiger partial charge in [0.05, 0.1) is 0 Å². The predicted molar refractivity (Wildman–Crippen MR) is 62.8 cm³/mol. The molecule has 0 amide bonds. The van der Waals surface area contributed by atoms with Gasteiger partial charge in [-0.05, 0) is 12.3 Å². The van der Waals surface area contributed by atoms with Gasteiger partial charge in [-0.3, -0.25) is 0 Å². The lowest BCUT2D eigenvalue weighted by Crippen LogP contribution is -2.03. The summed E-state index contributed by atoms with van der Waals surface area (Å²) in [6.07, 6.45) is 7.05. The summed E-state index contributed by atoms with van der Waals surface area (Å²) in [6, 6.07) is 0. The molecule has 0 saturated carbocycles. The zero-order chi connectivity index (χ0) is 12.1. The lowest BCUT2D eigenvalue weighted by Gasteiger charge is -2.09. The van der Waals surface area contributed by atoms with Crippen LogP contribution in [0.15, 0.2) is 12.7 Å². The van der Waals surface area contributed by atoms with E-state index in [-0.39, 0.29) is 0 Å². The van der Waals surface area contributed by atoms with Gasteiger partial charge in [0, 0.05) is 12.7 Å². The van der Waals surface area contributed by atoms with E-state index < -0.39 is 5.97 Å². The van der Waals surface area contributed by atoms with E-state index in [0.717, 1.165) is 12.5 Å². The second-order valence-corrected chi connectivity index (χ2v) is 3.49. The Kier molecular flexibility index (Phi) is 14.6. The summed E-state index contributed by atoms with van der Waals surface area (Å²) in [5.74, 6) is -0.420. The molecule has 0 aromatic heterocycles. The van der Waals surface area contributed by atoms with E-state index in [2.05, 4.69) is 20.4 Å². The minimum atomic E-state index is -0.981. The molecule has 0 aliphatic heterocycles. The number of aliphatic hydroxyl groups excluding tert-OH is 1. The van der Waals surface area contributed by atoms with E-state index in [1.165, 1.54) is 25.7 Å². The molecule has 1 unspecified atom stereocenters. The highest BCUT2D eigenvalue weighted by molar-refractivity contribution is 5.78. The smallest absolute Gasteiger partial charge is 0.327 e. The van der Waals surface area contributed by atoms with Crippen molar-refractivity contribution in [3.05, 3.63) is 12.7 Å². The average Bonchev–Trinajstić information content (AvgIpc) is 2.25. The van der Waals surface area contributed by atoms with Crippen LogP contribution in [0.4, 0.5) is 0 Å². The van der Waals surface area contributed by atoms with E-state index in [4.69, 9.17) is 10.2 Å². The van der Waals surface area contributed by atoms with Gasteiger partial charge in [0.2, 0.25) is 0 Å². The van der Waals surface area contributed by atoms with Crippen LogP contribution in [0.2, 0.25) is 0 Å². The SMILES string of the molecule is C=CC(=O)O.CCCCCC(CC)CO. The summed E-state index contributed by atoms with van der Waals surface area (Å²) < 4.78 is 0. The van der Waals surface area contributed by atoms with Crippen LogP contribution in [0.3, 0.4) is 0 Å². The molecule has 15 heavy (non-hydrogen) atoms. The first kappa shape index (κ1) is 16.6. The van der Waals surface area contributed by atoms with Crippen molar-refractivity contribution < 1.29 is 15.0 Å². The molecule has 0 heterocycles. The van der Waals surface area contributed by atoms with E-state index in [0.29, 0.717) is 12.5 Å². The summed E-state index contributed by atoms with van der Waals surface area (Å²) in [6.45, 7) is 7.69. The molecule has 3 nitrogen and oxygen atoms in total. The topological polar surface area (TPSA) is 57.5 Å². The second kappa shape index (κ2) is 13.2. The van der Waals surface area contributed by atoms with Crippen molar-refractivity contribution in [2.24, 2.45) is 5.92 Å². The molecule has 0 fully saturated rings. The first-order chi connectivity index (χ1) is 7.12. The first-order valence-corrected chi connectivity index (χ1v) is 5.58. The summed E-state index contributed by atoms with van der Waals surface area (Å²) >= 11 is 0. The van der Waals surface area contributed by atoms with Crippen molar-refractivity contribution in [2.45, 2.75) is 46.0 Å². The van der Waals surface area contributed by atoms with Crippen LogP contribution in [-0.4, -0.2) is 22.8 Å². The van der Waals surface area contributed by atoms with Gasteiger partial charge in [0.25, 0.3) is 0 Å². The molecular formula is C12H24O3. The Hall–Kier alpha value is -0.830. The monoisotopic (exact) mass is 216 g/mol. The minimum Gasteiger partial charge on any atom is -0.478 e. The maximum absolute atomic E-state index is 9.25. The van der Waals surface area contributed by atoms with Crippen molar-refractivity contribution in [2.75, 3.05) is 6.61 Å². The Morgan fingerprint density at radius 3 is 2.20 bits per heavy atom. The molecule has 0 spiro atoms. The molecule has 0 rings (SSSR count). The molecule has 90 valence electrons. The lowest BCUT2D eigenvalue weighted by atomic mass is 10.00. The highest BCUT2D eigenvalue weighted by Crippen LogP contribution is 2.11. The van der Waals surface area contributed by atoms with Crippen molar-refractivity contribution in [1.82, 2.24) is 0 Å². The quantitative estimate of drug-likeness (QED) is 0.508. The Morgan fingerprint density at radius 1 is 1.40 bits per heavy atom. The summed E-state index contributed by atoms with van der Waals surface area (Å²) in [5.41, 5.74) is 0. The molecule has 0 radical (unpaired) electrons. The van der Waals surface area contributed by atoms with Gasteiger partial charge in [-0.15, -0.1) is 0 Å². The molecule has 0 aliphatic carbocycles. The third-order valence-corrected chi connectivity index (χ3v) is 2.23. The van der Waals surface area contributed by atoms with E-state index >= 15 is 0 Å². The number of hydrogen-bond donors (Lipinski definition) is 2. The second-order valence-electron chi connectivity index (χ2n) is 3.49. The van der Waals surface area contributed by atoms with Crippen molar-refractivity contribution in [3.63, 3.8) is 0 Å². The Bertz CT molecular complexity index is 151. The molecule has 0 aromatic rings. The van der Waals surface area contributed by atoms with Gasteiger partial charge in [-0.2, -0.15) is 0 Å². The van der Waals surface area contributed by atoms with Crippen LogP contribution in [0.1, 0.15) is 46.0 Å². The van der Waals surface area contributed by atoms with Crippen LogP contribution in [0.25, 0.3) is 0 Å². The molecule has 3 heteroatoms. The third kappa shape index (κ3) is 15.9. The van der Waals surface area contributed by atoms with Crippen LogP contribution in [-0.2, 0) is 4.79 Å². The van der Waals surface area contributed by atoms with Gasteiger partial charge in [-0.1, -0.05) is 46.1 Å². The standard InChI is InChI=1S/C9H20O.C3H4O2/c1-3-5-6-7-9(4-2)8-10;1-2-3(4)5/h9-10H,3-8H2,1-2H3;2H,1H2,(H,4,5). The third-order valence-electron chi connectivity index (χ3n) is 2.23. The van der Waals surface area contributed by atoms with Crippen molar-refractivity contribution >= 4 is 5.97 Å². The van der Waals surface area contributed by atoms with E-state index in [1.807, 2.05) is 0 Å². The number of carboxylic acids is 1. The van der Waals surface area contributed by atoms with Gasteiger partial charge in [-0.25, -0.2) is 4.79 Å². The zero-order valence-corrected chi connectivity index (χ0v) is 9.91. The van der Waals surface area contributed by atoms with Gasteiger partial charge < -0.3 is 10.2 Å². The highest BCUT2D eigenvalue weighted by Gasteiger charge is 2.02. The summed E-state index contributed by atoms with van der Waals surface area (Å²) in [7, 11) is 0. The average molecular weight is 216 g/mol. The number of aliphatic carboxylic acids is 1. The molecule has 0 saturated heterocycles. The Balaban J connectivity index is 0. The molecular weight excluding hydrogens is 192 g/mol. The number of hydrogen-bond acceptors (Lipinski definition) is 2. The molecule has 0 aromatic carbocycles. The van der Waals surface area contributed by atoms with E-state index in [9.17, 15) is 4.79 Å². The van der Waals surface area contributed by atoms with Crippen LogP contribution in [0.5, 0.6) is 0 Å². The predicted octanol–water partition coefficient (Wildman–Crippen LogP) is 2.84. The zero-order valence-electron chi connectivity index (χ0n) is 9.91. The fourth-order valence-corrected chi connectivity index (χ4v) is 1.11. The maximum atomic E-state index is 9.25. The molecule has 1 atom stereocenters. The summed E-state index contributed by atoms with van der Waals surface area (Å²) in [4.78, 5) is 9.25. The fourth-order valence-electron chi connectivity index (χ4n) is 1.11. The van der Waals surface area contributed by atoms with Crippen LogP contribution >= 0.6 is 0 Å². The number of carboxylic acid groups (broad SMARTS) is 1. The fraction of sp³-hybridized carbons (Fsp3) is 0.750. The normalized spacial score (nSPS) is 11.1. The minimum absolute atomic E-state index is 0.375. The largest absolute Gasteiger partial charge is 0.478 e. The van der Waals surface area contributed by atoms with Crippen LogP contribution < -0.4 is 0 Å². The number of unbranched alkanes of at least 4 members (excludes halogenated alkanes) is 2. The Labute approximate surface area is 92.8 Å². The lowest BCUT2D eigenvalue weighted by molar-refractivity contribution is -0.131. The first-order valence-electron chi connectivity index (χ1n) is 5.58. The van der Waals surface area contributed by atoms with Crippen molar-refractivity contribution in [3.8, 4) is 0 Å². The van der Waals surface area contributed by atoms with Crippen molar-refractivity contribution in [1.29, 1.82) is 0 Å².